The fourth-order valence-electron chi connectivity index (χ4n) is 9.04. The first-order chi connectivity index (χ1) is 30.2. The van der Waals surface area contributed by atoms with E-state index in [1.165, 1.54) is 10.1 Å². The highest BCUT2D eigenvalue weighted by Gasteiger charge is 2.31. The number of ether oxygens (including phenoxy) is 2. The summed E-state index contributed by atoms with van der Waals surface area (Å²) in [6.45, 7) is 11.3. The number of imidazole rings is 1. The van der Waals surface area contributed by atoms with Crippen LogP contribution in [0.4, 0.5) is 5.95 Å². The van der Waals surface area contributed by atoms with E-state index in [9.17, 15) is 19.5 Å². The molecule has 0 bridgehead atoms. The van der Waals surface area contributed by atoms with Crippen molar-refractivity contribution in [1.29, 1.82) is 0 Å². The van der Waals surface area contributed by atoms with Crippen molar-refractivity contribution < 1.29 is 24.2 Å². The van der Waals surface area contributed by atoms with Crippen LogP contribution in [0, 0.1) is 0 Å². The van der Waals surface area contributed by atoms with Crippen LogP contribution in [-0.2, 0) is 39.1 Å². The molecule has 2 aromatic carbocycles. The molecule has 16 nitrogen and oxygen atoms in total. The Morgan fingerprint density at radius 1 is 0.855 bits per heavy atom. The Kier molecular flexibility index (Phi) is 14.4. The predicted octanol–water partition coefficient (Wildman–Crippen LogP) is 4.60. The van der Waals surface area contributed by atoms with E-state index in [1.54, 1.807) is 11.6 Å². The van der Waals surface area contributed by atoms with Crippen LogP contribution in [-0.4, -0.2) is 127 Å². The first-order valence-corrected chi connectivity index (χ1v) is 22.7. The first-order valence-electron chi connectivity index (χ1n) is 22.7. The van der Waals surface area contributed by atoms with Crippen LogP contribution in [0.1, 0.15) is 87.9 Å². The second-order valence-electron chi connectivity index (χ2n) is 17.1. The number of anilines is 1. The highest BCUT2D eigenvalue weighted by atomic mass is 16.5. The van der Waals surface area contributed by atoms with Gasteiger partial charge in [0.15, 0.2) is 5.65 Å². The molecule has 332 valence electrons. The van der Waals surface area contributed by atoms with Crippen molar-refractivity contribution in [3.05, 3.63) is 70.3 Å². The molecular formula is C46H62N10O6. The van der Waals surface area contributed by atoms with Crippen LogP contribution in [0.15, 0.2) is 53.5 Å². The summed E-state index contributed by atoms with van der Waals surface area (Å²) in [5.74, 6) is -0.0881. The van der Waals surface area contributed by atoms with Gasteiger partial charge in [0, 0.05) is 77.6 Å². The second kappa shape index (κ2) is 20.5. The number of unbranched alkanes of at least 4 members (excludes halogenated alkanes) is 1. The molecule has 1 atom stereocenters. The van der Waals surface area contributed by atoms with Gasteiger partial charge in [-0.2, -0.15) is 10.1 Å². The molecular weight excluding hydrogens is 789 g/mol. The number of imide groups is 1. The number of fused-ring (bicyclic) bond motifs is 2. The summed E-state index contributed by atoms with van der Waals surface area (Å²) >= 11 is 0. The van der Waals surface area contributed by atoms with Crippen molar-refractivity contribution in [2.45, 2.75) is 95.9 Å². The van der Waals surface area contributed by atoms with Gasteiger partial charge in [0.1, 0.15) is 11.7 Å². The van der Waals surface area contributed by atoms with E-state index in [1.807, 2.05) is 24.4 Å². The third-order valence-corrected chi connectivity index (χ3v) is 12.7. The maximum atomic E-state index is 13.0. The number of rotatable bonds is 19. The number of aromatic nitrogens is 6. The average Bonchev–Trinajstić information content (AvgIpc) is 3.77. The van der Waals surface area contributed by atoms with Crippen LogP contribution in [0.2, 0.25) is 0 Å². The van der Waals surface area contributed by atoms with Gasteiger partial charge in [-0.15, -0.1) is 0 Å². The zero-order valence-electron chi connectivity index (χ0n) is 36.3. The third kappa shape index (κ3) is 10.3. The number of carbonyl (C=O) groups excluding carboxylic acids is 2. The van der Waals surface area contributed by atoms with E-state index in [0.717, 1.165) is 131 Å². The lowest BCUT2D eigenvalue weighted by Gasteiger charge is -2.34. The van der Waals surface area contributed by atoms with Gasteiger partial charge in [-0.3, -0.25) is 33.8 Å². The number of carbonyl (C=O) groups is 2. The molecule has 8 rings (SSSR count). The molecule has 2 aliphatic heterocycles. The summed E-state index contributed by atoms with van der Waals surface area (Å²) in [7, 11) is 1.71. The van der Waals surface area contributed by atoms with Crippen molar-refractivity contribution in [1.82, 2.24) is 44.0 Å². The van der Waals surface area contributed by atoms with Gasteiger partial charge in [0.2, 0.25) is 17.8 Å². The third-order valence-electron chi connectivity index (χ3n) is 12.7. The summed E-state index contributed by atoms with van der Waals surface area (Å²) in [5.41, 5.74) is 6.41. The van der Waals surface area contributed by atoms with Gasteiger partial charge in [-0.1, -0.05) is 43.7 Å². The molecule has 2 amide bonds. The molecule has 1 saturated carbocycles. The largest absolute Gasteiger partial charge is 0.393 e. The molecule has 5 heterocycles. The molecule has 0 unspecified atom stereocenters. The van der Waals surface area contributed by atoms with Crippen LogP contribution in [0.5, 0.6) is 0 Å². The van der Waals surface area contributed by atoms with Crippen molar-refractivity contribution >= 4 is 39.8 Å². The Morgan fingerprint density at radius 2 is 1.60 bits per heavy atom. The molecule has 1 aliphatic carbocycles. The lowest BCUT2D eigenvalue weighted by molar-refractivity contribution is -0.135. The van der Waals surface area contributed by atoms with Gasteiger partial charge < -0.3 is 19.9 Å². The maximum absolute atomic E-state index is 13.0. The van der Waals surface area contributed by atoms with Gasteiger partial charge in [-0.05, 0) is 74.6 Å². The summed E-state index contributed by atoms with van der Waals surface area (Å²) in [4.78, 5) is 51.7. The SMILES string of the molecule is CCCCNc1ncc2c(-c3ccc(CN4CCN(CCOCCOCCCc5ccc6c(c5)n(C)c(=O)n6[C@H]5CCC(=O)NC5=O)CC4)cc3)nn(C3CCC(O)CC3)c2n1. The number of amides is 2. The summed E-state index contributed by atoms with van der Waals surface area (Å²) < 4.78 is 16.9. The maximum Gasteiger partial charge on any atom is 0.329 e. The van der Waals surface area contributed by atoms with E-state index < -0.39 is 11.9 Å². The molecule has 0 spiro atoms. The van der Waals surface area contributed by atoms with Gasteiger partial charge in [0.25, 0.3) is 0 Å². The molecule has 3 aliphatic rings. The fraction of sp³-hybridized carbons (Fsp3) is 0.565. The average molecular weight is 851 g/mol. The Balaban J connectivity index is 0.731. The van der Waals surface area contributed by atoms with Crippen LogP contribution in [0.3, 0.4) is 0 Å². The molecule has 62 heavy (non-hydrogen) atoms. The summed E-state index contributed by atoms with van der Waals surface area (Å²) in [6, 6.07) is 14.2. The number of piperazine rings is 1. The lowest BCUT2D eigenvalue weighted by atomic mass is 9.93. The smallest absolute Gasteiger partial charge is 0.329 e. The van der Waals surface area contributed by atoms with Crippen LogP contribution < -0.4 is 16.3 Å². The number of aryl methyl sites for hydroxylation is 2. The molecule has 16 heteroatoms. The number of nitrogens with zero attached hydrogens (tertiary/aromatic N) is 8. The number of aliphatic hydroxyl groups is 1. The van der Waals surface area contributed by atoms with E-state index in [4.69, 9.17) is 19.6 Å². The minimum atomic E-state index is -0.684. The number of benzene rings is 2. The zero-order chi connectivity index (χ0) is 43.0. The van der Waals surface area contributed by atoms with E-state index in [-0.39, 0.29) is 30.2 Å². The highest BCUT2D eigenvalue weighted by Crippen LogP contribution is 2.35. The van der Waals surface area contributed by atoms with Crippen LogP contribution >= 0.6 is 0 Å². The standard InChI is InChI=1S/C46H62N10O6/c1-3-4-19-47-45-48-30-37-42(51-56(43(37)50-45)35-12-14-36(57)15-13-35)34-10-7-33(8-11-34)31-54-22-20-53(21-23-54)24-26-62-28-27-61-25-5-6-32-9-16-38-40(29-32)52(2)46(60)55(38)39-17-18-41(58)49-44(39)59/h7-11,16,29-30,35-36,39,57H,3-6,12-15,17-28,31H2,1-2H3,(H,47,48,50)(H,49,58,59)/t35?,36?,39-/m0/s1. The zero-order valence-corrected chi connectivity index (χ0v) is 36.3. The Labute approximate surface area is 362 Å². The molecule has 3 N–H and O–H groups in total. The van der Waals surface area contributed by atoms with Crippen molar-refractivity contribution in [2.75, 3.05) is 71.0 Å². The quantitative estimate of drug-likeness (QED) is 0.0781. The fourth-order valence-corrected chi connectivity index (χ4v) is 9.04. The number of nitrogens with one attached hydrogen (secondary N) is 2. The first kappa shape index (κ1) is 43.6. The number of piperidine rings is 1. The predicted molar refractivity (Wildman–Crippen MR) is 238 cm³/mol. The van der Waals surface area contributed by atoms with Crippen molar-refractivity contribution in [2.24, 2.45) is 7.05 Å². The van der Waals surface area contributed by atoms with E-state index >= 15 is 0 Å². The Morgan fingerprint density at radius 3 is 2.35 bits per heavy atom. The van der Waals surface area contributed by atoms with Gasteiger partial charge in [0.05, 0.1) is 48.4 Å². The Bertz CT molecular complexity index is 2360. The second-order valence-corrected chi connectivity index (χ2v) is 17.1. The molecule has 3 fully saturated rings. The molecule has 0 radical (unpaired) electrons. The summed E-state index contributed by atoms with van der Waals surface area (Å²) in [6.07, 6.45) is 9.37. The van der Waals surface area contributed by atoms with Crippen LogP contribution in [0.25, 0.3) is 33.3 Å². The minimum absolute atomic E-state index is 0.210. The summed E-state index contributed by atoms with van der Waals surface area (Å²) in [5, 5.41) is 22.0. The lowest BCUT2D eigenvalue weighted by Crippen LogP contribution is -2.46. The topological polar surface area (TPSA) is 174 Å². The minimum Gasteiger partial charge on any atom is -0.393 e. The van der Waals surface area contributed by atoms with E-state index in [2.05, 4.69) is 61.3 Å². The number of hydrogen-bond donors (Lipinski definition) is 3. The molecule has 5 aromatic rings. The van der Waals surface area contributed by atoms with Gasteiger partial charge in [-0.25, -0.2) is 14.5 Å². The molecule has 2 saturated heterocycles. The van der Waals surface area contributed by atoms with Gasteiger partial charge >= 0.3 is 5.69 Å². The highest BCUT2D eigenvalue weighted by molar-refractivity contribution is 6.00. The van der Waals surface area contributed by atoms with Crippen molar-refractivity contribution in [3.63, 3.8) is 0 Å². The molecule has 3 aromatic heterocycles. The number of hydrogen-bond acceptors (Lipinski definition) is 12. The number of aliphatic hydroxyl groups excluding tert-OH is 1. The monoisotopic (exact) mass is 850 g/mol. The normalized spacial score (nSPS) is 20.3. The van der Waals surface area contributed by atoms with Crippen molar-refractivity contribution in [3.8, 4) is 11.3 Å². The Hall–Kier alpha value is -5.00. The van der Waals surface area contributed by atoms with E-state index in [0.29, 0.717) is 44.3 Å².